The summed E-state index contributed by atoms with van der Waals surface area (Å²) >= 11 is 0. The number of benzene rings is 9. The third-order valence-electron chi connectivity index (χ3n) is 14.0. The minimum atomic E-state index is -0.679. The van der Waals surface area contributed by atoms with Crippen molar-refractivity contribution in [1.29, 1.82) is 0 Å². The van der Waals surface area contributed by atoms with Crippen LogP contribution >= 0.6 is 0 Å². The van der Waals surface area contributed by atoms with Gasteiger partial charge in [-0.2, -0.15) is 0 Å². The molecule has 0 saturated carbocycles. The Morgan fingerprint density at radius 3 is 1.72 bits per heavy atom. The van der Waals surface area contributed by atoms with Gasteiger partial charge in [-0.15, -0.1) is 0 Å². The molecule has 12 aromatic rings. The zero-order valence-corrected chi connectivity index (χ0v) is 35.1. The van der Waals surface area contributed by atoms with Crippen LogP contribution in [-0.4, -0.2) is 19.9 Å². The van der Waals surface area contributed by atoms with Gasteiger partial charge in [0.2, 0.25) is 0 Å². The van der Waals surface area contributed by atoms with Gasteiger partial charge in [-0.1, -0.05) is 158 Å². The van der Waals surface area contributed by atoms with Crippen molar-refractivity contribution in [3.63, 3.8) is 0 Å². The van der Waals surface area contributed by atoms with Crippen LogP contribution in [0.5, 0.6) is 0 Å². The molecule has 1 atom stereocenters. The molecule has 0 saturated heterocycles. The maximum atomic E-state index is 5.38. The average molecular weight is 825 g/mol. The highest BCUT2D eigenvalue weighted by atomic mass is 14.9. The predicted octanol–water partition coefficient (Wildman–Crippen LogP) is 14.8. The molecule has 0 amide bonds. The zero-order valence-electron chi connectivity index (χ0n) is 35.1. The maximum absolute atomic E-state index is 5.38. The summed E-state index contributed by atoms with van der Waals surface area (Å²) in [6, 6.07) is 73.3. The van der Waals surface area contributed by atoms with Crippen molar-refractivity contribution in [2.75, 3.05) is 0 Å². The van der Waals surface area contributed by atoms with E-state index in [-0.39, 0.29) is 0 Å². The van der Waals surface area contributed by atoms with Crippen molar-refractivity contribution in [2.45, 2.75) is 5.41 Å². The molecule has 1 spiro atoms. The van der Waals surface area contributed by atoms with Crippen LogP contribution in [0.1, 0.15) is 22.3 Å². The highest BCUT2D eigenvalue weighted by Crippen LogP contribution is 2.63. The lowest BCUT2D eigenvalue weighted by Crippen LogP contribution is -2.29. The van der Waals surface area contributed by atoms with Gasteiger partial charge in [0, 0.05) is 40.8 Å². The fourth-order valence-corrected chi connectivity index (χ4v) is 11.2. The predicted molar refractivity (Wildman–Crippen MR) is 265 cm³/mol. The molecule has 9 aromatic carbocycles. The Labute approximate surface area is 375 Å². The number of hydrogen-bond donors (Lipinski definition) is 0. The lowest BCUT2D eigenvalue weighted by Gasteiger charge is -2.36. The molecule has 0 fully saturated rings. The molecule has 0 radical (unpaired) electrons. The summed E-state index contributed by atoms with van der Waals surface area (Å²) in [4.78, 5) is 19.8. The molecule has 4 heteroatoms. The third-order valence-corrected chi connectivity index (χ3v) is 14.0. The van der Waals surface area contributed by atoms with E-state index in [4.69, 9.17) is 15.0 Å². The van der Waals surface area contributed by atoms with Gasteiger partial charge < -0.3 is 0 Å². The molecule has 0 bridgehead atoms. The Bertz CT molecular complexity index is 3860. The number of hydrogen-bond acceptors (Lipinski definition) is 4. The van der Waals surface area contributed by atoms with Crippen LogP contribution in [0.2, 0.25) is 0 Å². The highest BCUT2D eigenvalue weighted by Gasteiger charge is 2.50. The highest BCUT2D eigenvalue weighted by molar-refractivity contribution is 6.27. The first-order chi connectivity index (χ1) is 32.2. The molecular weight excluding hydrogens is 789 g/mol. The van der Waals surface area contributed by atoms with Crippen LogP contribution in [0.25, 0.3) is 111 Å². The number of fused-ring (bicyclic) bond motifs is 13. The summed E-state index contributed by atoms with van der Waals surface area (Å²) < 4.78 is 0. The van der Waals surface area contributed by atoms with E-state index in [1.54, 1.807) is 6.20 Å². The summed E-state index contributed by atoms with van der Waals surface area (Å²) in [5.41, 5.74) is 18.3. The van der Waals surface area contributed by atoms with Crippen LogP contribution in [-0.2, 0) is 5.41 Å². The SMILES string of the molecule is c1ccc(-c2nc(-c3ccc(-c4cccnc4)nc3)cc(-c3ccc4c(c3)C3(c5ccccc5-c5ccccc5-4)c4ccccc4-c4c3cc3ccc5cccc6ccc4c3c56)n2)cc1. The fourth-order valence-electron chi connectivity index (χ4n) is 11.2. The second-order valence-corrected chi connectivity index (χ2v) is 17.3. The van der Waals surface area contributed by atoms with E-state index >= 15 is 0 Å². The number of aromatic nitrogens is 4. The second kappa shape index (κ2) is 13.7. The Hall–Kier alpha value is -8.60. The van der Waals surface area contributed by atoms with E-state index in [9.17, 15) is 0 Å². The fraction of sp³-hybridized carbons (Fsp3) is 0.0164. The van der Waals surface area contributed by atoms with Gasteiger partial charge in [-0.25, -0.2) is 9.97 Å². The minimum Gasteiger partial charge on any atom is -0.264 e. The van der Waals surface area contributed by atoms with E-state index in [0.29, 0.717) is 5.82 Å². The molecule has 0 N–H and O–H groups in total. The zero-order chi connectivity index (χ0) is 42.6. The second-order valence-electron chi connectivity index (χ2n) is 17.3. The van der Waals surface area contributed by atoms with Crippen molar-refractivity contribution in [2.24, 2.45) is 0 Å². The molecule has 2 aliphatic rings. The lowest BCUT2D eigenvalue weighted by molar-refractivity contribution is 0.777. The van der Waals surface area contributed by atoms with Gasteiger partial charge >= 0.3 is 0 Å². The van der Waals surface area contributed by atoms with Crippen LogP contribution in [0.3, 0.4) is 0 Å². The molecule has 4 nitrogen and oxygen atoms in total. The minimum absolute atomic E-state index is 0.662. The summed E-state index contributed by atoms with van der Waals surface area (Å²) in [6.07, 6.45) is 5.53. The van der Waals surface area contributed by atoms with Gasteiger partial charge in [-0.3, -0.25) is 9.97 Å². The third kappa shape index (κ3) is 5.13. The summed E-state index contributed by atoms with van der Waals surface area (Å²) in [7, 11) is 0. The van der Waals surface area contributed by atoms with E-state index in [0.717, 1.165) is 39.3 Å². The van der Waals surface area contributed by atoms with Gasteiger partial charge in [0.15, 0.2) is 5.82 Å². The molecule has 300 valence electrons. The topological polar surface area (TPSA) is 51.6 Å². The molecule has 14 rings (SSSR count). The van der Waals surface area contributed by atoms with Crippen molar-refractivity contribution >= 4 is 32.3 Å². The number of pyridine rings is 2. The Kier molecular flexibility index (Phi) is 7.57. The van der Waals surface area contributed by atoms with Gasteiger partial charge in [0.1, 0.15) is 0 Å². The lowest BCUT2D eigenvalue weighted by atomic mass is 9.65. The van der Waals surface area contributed by atoms with E-state index in [2.05, 4.69) is 169 Å². The first kappa shape index (κ1) is 35.9. The van der Waals surface area contributed by atoms with Crippen molar-refractivity contribution in [3.05, 3.63) is 241 Å². The number of nitrogens with zero attached hydrogens (tertiary/aromatic N) is 4. The van der Waals surface area contributed by atoms with Crippen LogP contribution in [0.15, 0.2) is 219 Å². The molecule has 2 aliphatic carbocycles. The number of rotatable bonds is 4. The molecule has 3 aromatic heterocycles. The normalized spacial score (nSPS) is 14.5. The van der Waals surface area contributed by atoms with E-state index in [1.165, 1.54) is 88.0 Å². The Balaban J connectivity index is 1.07. The van der Waals surface area contributed by atoms with Gasteiger partial charge in [0.25, 0.3) is 0 Å². The summed E-state index contributed by atoms with van der Waals surface area (Å²) in [5.74, 6) is 0.662. The van der Waals surface area contributed by atoms with Crippen molar-refractivity contribution in [3.8, 4) is 78.5 Å². The van der Waals surface area contributed by atoms with Crippen molar-refractivity contribution < 1.29 is 0 Å². The van der Waals surface area contributed by atoms with Crippen LogP contribution < -0.4 is 0 Å². The first-order valence-electron chi connectivity index (χ1n) is 22.2. The molecule has 3 heterocycles. The smallest absolute Gasteiger partial charge is 0.160 e. The molecular formula is C61H36N4. The van der Waals surface area contributed by atoms with Crippen LogP contribution in [0.4, 0.5) is 0 Å². The van der Waals surface area contributed by atoms with E-state index < -0.39 is 5.41 Å². The summed E-state index contributed by atoms with van der Waals surface area (Å²) in [6.45, 7) is 0. The monoisotopic (exact) mass is 824 g/mol. The Morgan fingerprint density at radius 1 is 0.338 bits per heavy atom. The molecule has 1 unspecified atom stereocenters. The first-order valence-corrected chi connectivity index (χ1v) is 22.2. The quantitative estimate of drug-likeness (QED) is 0.166. The standard InChI is InChI=1S/C61H36N4/c1-2-12-39(13-3-1)60-64-55(34-56(65-60)43-27-30-54(63-36-43)42-16-11-31-62-35-42)40-26-28-47-45-18-5-4-17-44(45)46-19-6-8-21-50(46)61(52(47)32-40)51-22-9-7-20-48(51)59-49-29-25-38-15-10-14-37-23-24-41(33-53(59)61)58(49)57(37)38/h1-36H. The van der Waals surface area contributed by atoms with Crippen LogP contribution in [0, 0.1) is 0 Å². The van der Waals surface area contributed by atoms with E-state index in [1.807, 2.05) is 48.8 Å². The largest absolute Gasteiger partial charge is 0.264 e. The average Bonchev–Trinajstić information content (AvgIpc) is 3.63. The molecule has 65 heavy (non-hydrogen) atoms. The maximum Gasteiger partial charge on any atom is 0.160 e. The van der Waals surface area contributed by atoms with Crippen molar-refractivity contribution in [1.82, 2.24) is 19.9 Å². The van der Waals surface area contributed by atoms with Gasteiger partial charge in [-0.05, 0) is 130 Å². The Morgan fingerprint density at radius 2 is 0.969 bits per heavy atom. The van der Waals surface area contributed by atoms with Gasteiger partial charge in [0.05, 0.1) is 22.5 Å². The summed E-state index contributed by atoms with van der Waals surface area (Å²) in [5, 5.41) is 7.74. The molecule has 0 aliphatic heterocycles.